The predicted molar refractivity (Wildman–Crippen MR) is 89.6 cm³/mol. The number of hydrogen-bond acceptors (Lipinski definition) is 5. The molecule has 1 saturated heterocycles. The van der Waals surface area contributed by atoms with Gasteiger partial charge >= 0.3 is 0 Å². The van der Waals surface area contributed by atoms with Crippen LogP contribution in [0.5, 0.6) is 0 Å². The minimum Gasteiger partial charge on any atom is -0.374 e. The maximum Gasteiger partial charge on any atom is 0.170 e. The van der Waals surface area contributed by atoms with Crippen LogP contribution in [0.1, 0.15) is 11.1 Å². The topological polar surface area (TPSA) is 60.0 Å². The van der Waals surface area contributed by atoms with Gasteiger partial charge in [-0.2, -0.15) is 5.48 Å². The summed E-state index contributed by atoms with van der Waals surface area (Å²) in [6.07, 6.45) is -4.03. The second-order valence-corrected chi connectivity index (χ2v) is 5.93. The Labute approximate surface area is 146 Å². The molecule has 4 atom stereocenters. The van der Waals surface area contributed by atoms with Gasteiger partial charge < -0.3 is 19.4 Å². The molecule has 1 heterocycles. The molecule has 0 aliphatic carbocycles. The first-order chi connectivity index (χ1) is 12.3. The van der Waals surface area contributed by atoms with Gasteiger partial charge in [-0.1, -0.05) is 60.7 Å². The van der Waals surface area contributed by atoms with Gasteiger partial charge in [0.05, 0.1) is 19.8 Å². The Hall–Kier alpha value is -1.83. The average Bonchev–Trinajstić information content (AvgIpc) is 2.97. The molecular weight excluding hydrogens is 325 g/mol. The van der Waals surface area contributed by atoms with E-state index in [4.69, 9.17) is 19.4 Å². The van der Waals surface area contributed by atoms with E-state index >= 15 is 0 Å². The van der Waals surface area contributed by atoms with Crippen molar-refractivity contribution in [2.24, 2.45) is 0 Å². The lowest BCUT2D eigenvalue weighted by Gasteiger charge is -2.20. The van der Waals surface area contributed by atoms with Crippen LogP contribution in [0.4, 0.5) is 4.39 Å². The van der Waals surface area contributed by atoms with Crippen LogP contribution in [0.15, 0.2) is 60.7 Å². The van der Waals surface area contributed by atoms with E-state index in [1.54, 1.807) is 0 Å². The van der Waals surface area contributed by atoms with Crippen LogP contribution in [-0.4, -0.2) is 36.4 Å². The highest BCUT2D eigenvalue weighted by Crippen LogP contribution is 2.26. The van der Waals surface area contributed by atoms with Crippen molar-refractivity contribution in [1.29, 1.82) is 0 Å². The van der Waals surface area contributed by atoms with Crippen LogP contribution in [0, 0.1) is 0 Å². The molecule has 0 aromatic heterocycles. The van der Waals surface area contributed by atoms with E-state index in [2.05, 4.69) is 0 Å². The lowest BCUT2D eigenvalue weighted by Crippen LogP contribution is -2.37. The molecule has 1 aliphatic heterocycles. The fraction of sp³-hybridized carbons (Fsp3) is 0.368. The molecule has 1 unspecified atom stereocenters. The molecule has 3 rings (SSSR count). The standard InChI is InChI=1S/C19H22FNO4/c20-17-18(24-12-15-9-5-2-6-10-15)16(25-19(17)21-22)13-23-11-14-7-3-1-4-8-14/h1-10,16-19,21-22H,11-13H2/t16-,17+,18-,19?/m1/s1. The van der Waals surface area contributed by atoms with E-state index in [0.29, 0.717) is 6.61 Å². The summed E-state index contributed by atoms with van der Waals surface area (Å²) in [6, 6.07) is 19.2. The molecule has 2 aromatic carbocycles. The van der Waals surface area contributed by atoms with Gasteiger partial charge in [0.2, 0.25) is 0 Å². The number of alkyl halides is 1. The van der Waals surface area contributed by atoms with Crippen molar-refractivity contribution in [2.45, 2.75) is 37.8 Å². The van der Waals surface area contributed by atoms with Gasteiger partial charge in [0.1, 0.15) is 12.2 Å². The molecule has 0 bridgehead atoms. The number of ether oxygens (including phenoxy) is 3. The van der Waals surface area contributed by atoms with Crippen LogP contribution in [0.25, 0.3) is 0 Å². The van der Waals surface area contributed by atoms with E-state index in [-0.39, 0.29) is 13.2 Å². The third kappa shape index (κ3) is 4.84. The summed E-state index contributed by atoms with van der Waals surface area (Å²) in [4.78, 5) is 0. The van der Waals surface area contributed by atoms with Crippen molar-refractivity contribution in [2.75, 3.05) is 6.61 Å². The minimum absolute atomic E-state index is 0.174. The highest BCUT2D eigenvalue weighted by atomic mass is 19.1. The number of halogens is 1. The summed E-state index contributed by atoms with van der Waals surface area (Å²) in [5.41, 5.74) is 3.81. The lowest BCUT2D eigenvalue weighted by molar-refractivity contribution is -0.0961. The molecule has 6 heteroatoms. The van der Waals surface area contributed by atoms with Gasteiger partial charge in [-0.05, 0) is 11.1 Å². The molecule has 2 N–H and O–H groups in total. The third-order valence-corrected chi connectivity index (χ3v) is 4.10. The van der Waals surface area contributed by atoms with Crippen LogP contribution >= 0.6 is 0 Å². The molecule has 1 aliphatic rings. The zero-order chi connectivity index (χ0) is 17.5. The number of hydrogen-bond donors (Lipinski definition) is 2. The van der Waals surface area contributed by atoms with Crippen LogP contribution in [0.3, 0.4) is 0 Å². The fourth-order valence-corrected chi connectivity index (χ4v) is 2.79. The van der Waals surface area contributed by atoms with Gasteiger partial charge in [0, 0.05) is 0 Å². The largest absolute Gasteiger partial charge is 0.374 e. The highest BCUT2D eigenvalue weighted by Gasteiger charge is 2.46. The Morgan fingerprint density at radius 3 is 2.16 bits per heavy atom. The number of rotatable bonds is 8. The second-order valence-electron chi connectivity index (χ2n) is 5.93. The third-order valence-electron chi connectivity index (χ3n) is 4.10. The van der Waals surface area contributed by atoms with Crippen molar-refractivity contribution in [3.8, 4) is 0 Å². The van der Waals surface area contributed by atoms with E-state index in [0.717, 1.165) is 11.1 Å². The van der Waals surface area contributed by atoms with Gasteiger partial charge in [-0.3, -0.25) is 0 Å². The van der Waals surface area contributed by atoms with Gasteiger partial charge in [0.25, 0.3) is 0 Å². The smallest absolute Gasteiger partial charge is 0.170 e. The lowest BCUT2D eigenvalue weighted by atomic mass is 10.1. The summed E-state index contributed by atoms with van der Waals surface area (Å²) in [7, 11) is 0. The normalized spacial score (nSPS) is 26.0. The van der Waals surface area contributed by atoms with Gasteiger partial charge in [-0.15, -0.1) is 0 Å². The Morgan fingerprint density at radius 2 is 1.56 bits per heavy atom. The second kappa shape index (κ2) is 9.03. The van der Waals surface area contributed by atoms with Crippen molar-refractivity contribution in [3.05, 3.63) is 71.8 Å². The Bertz CT molecular complexity index is 628. The van der Waals surface area contributed by atoms with E-state index in [1.807, 2.05) is 66.1 Å². The number of hydroxylamine groups is 1. The summed E-state index contributed by atoms with van der Waals surface area (Å²) in [5.74, 6) is 0. The van der Waals surface area contributed by atoms with Crippen LogP contribution in [-0.2, 0) is 27.4 Å². The Balaban J connectivity index is 1.55. The quantitative estimate of drug-likeness (QED) is 0.719. The first-order valence-corrected chi connectivity index (χ1v) is 8.24. The molecular formula is C19H22FNO4. The SMILES string of the molecule is ONC1O[C@H](COCc2ccccc2)[C@@H](OCc2ccccc2)[C@@H]1F. The maximum atomic E-state index is 14.4. The van der Waals surface area contributed by atoms with E-state index in [1.165, 1.54) is 0 Å². The first-order valence-electron chi connectivity index (χ1n) is 8.24. The average molecular weight is 347 g/mol. The molecule has 134 valence electrons. The van der Waals surface area contributed by atoms with Gasteiger partial charge in [0.15, 0.2) is 12.4 Å². The molecule has 0 spiro atoms. The zero-order valence-corrected chi connectivity index (χ0v) is 13.8. The van der Waals surface area contributed by atoms with Crippen LogP contribution < -0.4 is 5.48 Å². The van der Waals surface area contributed by atoms with E-state index in [9.17, 15) is 4.39 Å². The van der Waals surface area contributed by atoms with Crippen LogP contribution in [0.2, 0.25) is 0 Å². The molecule has 2 aromatic rings. The van der Waals surface area contributed by atoms with Crippen molar-refractivity contribution in [1.82, 2.24) is 5.48 Å². The van der Waals surface area contributed by atoms with Crippen molar-refractivity contribution >= 4 is 0 Å². The number of benzene rings is 2. The molecule has 5 nitrogen and oxygen atoms in total. The molecule has 0 amide bonds. The maximum absolute atomic E-state index is 14.4. The van der Waals surface area contributed by atoms with Gasteiger partial charge in [-0.25, -0.2) is 4.39 Å². The summed E-state index contributed by atoms with van der Waals surface area (Å²) in [5, 5.41) is 9.05. The van der Waals surface area contributed by atoms with Crippen molar-refractivity contribution < 1.29 is 23.8 Å². The Morgan fingerprint density at radius 1 is 0.960 bits per heavy atom. The highest BCUT2D eigenvalue weighted by molar-refractivity contribution is 5.14. The summed E-state index contributed by atoms with van der Waals surface area (Å²) < 4.78 is 31.3. The molecule has 0 radical (unpaired) electrons. The molecule has 0 saturated carbocycles. The molecule has 25 heavy (non-hydrogen) atoms. The fourth-order valence-electron chi connectivity index (χ4n) is 2.79. The Kier molecular flexibility index (Phi) is 6.49. The number of nitrogens with one attached hydrogen (secondary N) is 1. The van der Waals surface area contributed by atoms with E-state index < -0.39 is 24.6 Å². The monoisotopic (exact) mass is 347 g/mol. The minimum atomic E-state index is -1.49. The van der Waals surface area contributed by atoms with Crippen molar-refractivity contribution in [3.63, 3.8) is 0 Å². The summed E-state index contributed by atoms with van der Waals surface area (Å²) in [6.45, 7) is 0.843. The summed E-state index contributed by atoms with van der Waals surface area (Å²) >= 11 is 0. The predicted octanol–water partition coefficient (Wildman–Crippen LogP) is 2.83. The zero-order valence-electron chi connectivity index (χ0n) is 13.8. The molecule has 1 fully saturated rings. The first kappa shape index (κ1) is 18.0.